The normalized spacial score (nSPS) is 16.2. The Hall–Kier alpha value is -2.90. The van der Waals surface area contributed by atoms with Crippen LogP contribution in [0.15, 0.2) is 48.5 Å². The number of carbonyl (C=O) groups is 1. The van der Waals surface area contributed by atoms with E-state index >= 15 is 0 Å². The Labute approximate surface area is 186 Å². The summed E-state index contributed by atoms with van der Waals surface area (Å²) < 4.78 is 12.0. The van der Waals surface area contributed by atoms with Gasteiger partial charge in [0, 0.05) is 37.3 Å². The molecule has 6 nitrogen and oxygen atoms in total. The molecule has 1 N–H and O–H groups in total. The third kappa shape index (κ3) is 4.89. The molecule has 2 aromatic carbocycles. The van der Waals surface area contributed by atoms with Gasteiger partial charge in [-0.15, -0.1) is 11.3 Å². The number of hydrogen-bond donors (Lipinski definition) is 1. The van der Waals surface area contributed by atoms with Gasteiger partial charge in [-0.2, -0.15) is 0 Å². The van der Waals surface area contributed by atoms with Gasteiger partial charge < -0.3 is 14.8 Å². The van der Waals surface area contributed by atoms with E-state index < -0.39 is 0 Å². The quantitative estimate of drug-likeness (QED) is 0.628. The van der Waals surface area contributed by atoms with Gasteiger partial charge >= 0.3 is 0 Å². The van der Waals surface area contributed by atoms with E-state index in [0.717, 1.165) is 39.9 Å². The summed E-state index contributed by atoms with van der Waals surface area (Å²) in [6.07, 6.45) is -0.165. The van der Waals surface area contributed by atoms with Crippen LogP contribution in [0, 0.1) is 13.8 Å². The number of thiazole rings is 1. The molecule has 3 aromatic rings. The molecule has 0 unspecified atom stereocenters. The van der Waals surface area contributed by atoms with Crippen molar-refractivity contribution in [3.63, 3.8) is 0 Å². The molecule has 0 saturated carbocycles. The van der Waals surface area contributed by atoms with E-state index in [-0.39, 0.29) is 12.0 Å². The largest absolute Gasteiger partial charge is 0.496 e. The number of hydrogen-bond acceptors (Lipinski definition) is 6. The standard InChI is InChI=1S/C24H27N3O3S/c1-16-23(31-17(2)26-16)24(28)25-12-13-27-14-18-8-4-6-10-20(18)30-22(15-27)19-9-5-7-11-21(19)29-3/h4-11,22H,12-15H2,1-3H3,(H,25,28)/t22-/m1/s1. The Morgan fingerprint density at radius 2 is 2.00 bits per heavy atom. The molecule has 1 aliphatic heterocycles. The molecule has 1 atom stereocenters. The van der Waals surface area contributed by atoms with Crippen LogP contribution in [0.25, 0.3) is 0 Å². The predicted molar refractivity (Wildman–Crippen MR) is 122 cm³/mol. The number of ether oxygens (including phenoxy) is 2. The van der Waals surface area contributed by atoms with Gasteiger partial charge in [0.2, 0.25) is 0 Å². The minimum absolute atomic E-state index is 0.0594. The molecule has 0 fully saturated rings. The van der Waals surface area contributed by atoms with E-state index in [9.17, 15) is 4.79 Å². The Morgan fingerprint density at radius 1 is 1.23 bits per heavy atom. The topological polar surface area (TPSA) is 63.7 Å². The van der Waals surface area contributed by atoms with Crippen molar-refractivity contribution in [1.82, 2.24) is 15.2 Å². The smallest absolute Gasteiger partial charge is 0.263 e. The summed E-state index contributed by atoms with van der Waals surface area (Å²) in [4.78, 5) is 19.9. The number of nitrogens with zero attached hydrogens (tertiary/aromatic N) is 2. The van der Waals surface area contributed by atoms with Gasteiger partial charge in [0.25, 0.3) is 5.91 Å². The first kappa shape index (κ1) is 21.3. The average Bonchev–Trinajstić information content (AvgIpc) is 3.00. The van der Waals surface area contributed by atoms with E-state index in [1.54, 1.807) is 7.11 Å². The molecule has 1 aliphatic rings. The van der Waals surface area contributed by atoms with Crippen LogP contribution in [0.5, 0.6) is 11.5 Å². The molecule has 7 heteroatoms. The summed E-state index contributed by atoms with van der Waals surface area (Å²) in [7, 11) is 1.68. The van der Waals surface area contributed by atoms with Crippen LogP contribution in [-0.4, -0.2) is 42.5 Å². The van der Waals surface area contributed by atoms with E-state index in [2.05, 4.69) is 21.3 Å². The molecule has 0 bridgehead atoms. The lowest BCUT2D eigenvalue weighted by molar-refractivity contribution is 0.0946. The molecular weight excluding hydrogens is 410 g/mol. The summed E-state index contributed by atoms with van der Waals surface area (Å²) in [6, 6.07) is 16.1. The molecule has 1 amide bonds. The molecule has 0 aliphatic carbocycles. The third-order valence-corrected chi connectivity index (χ3v) is 6.44. The van der Waals surface area contributed by atoms with Gasteiger partial charge in [-0.3, -0.25) is 9.69 Å². The highest BCUT2D eigenvalue weighted by molar-refractivity contribution is 7.13. The number of nitrogens with one attached hydrogen (secondary N) is 1. The number of fused-ring (bicyclic) bond motifs is 1. The van der Waals surface area contributed by atoms with Crippen LogP contribution in [0.3, 0.4) is 0 Å². The number of amides is 1. The third-order valence-electron chi connectivity index (χ3n) is 5.37. The molecular formula is C24H27N3O3S. The zero-order valence-corrected chi connectivity index (χ0v) is 18.9. The van der Waals surface area contributed by atoms with Crippen molar-refractivity contribution >= 4 is 17.2 Å². The second-order valence-corrected chi connectivity index (χ2v) is 8.80. The second-order valence-electron chi connectivity index (χ2n) is 7.59. The first-order valence-electron chi connectivity index (χ1n) is 10.4. The SMILES string of the molecule is COc1ccccc1[C@H]1CN(CCNC(=O)c2sc(C)nc2C)Cc2ccccc2O1. The first-order chi connectivity index (χ1) is 15.0. The fraction of sp³-hybridized carbons (Fsp3) is 0.333. The minimum atomic E-state index is -0.165. The summed E-state index contributed by atoms with van der Waals surface area (Å²) in [6.45, 7) is 6.52. The molecule has 0 saturated heterocycles. The fourth-order valence-corrected chi connectivity index (χ4v) is 4.73. The van der Waals surface area contributed by atoms with Gasteiger partial charge in [0.1, 0.15) is 22.5 Å². The molecule has 0 radical (unpaired) electrons. The van der Waals surface area contributed by atoms with Crippen LogP contribution in [0.2, 0.25) is 0 Å². The van der Waals surface area contributed by atoms with Crippen LogP contribution < -0.4 is 14.8 Å². The highest BCUT2D eigenvalue weighted by atomic mass is 32.1. The summed E-state index contributed by atoms with van der Waals surface area (Å²) in [5, 5.41) is 3.95. The van der Waals surface area contributed by atoms with Gasteiger partial charge in [-0.05, 0) is 26.0 Å². The maximum Gasteiger partial charge on any atom is 0.263 e. The molecule has 2 heterocycles. The summed E-state index contributed by atoms with van der Waals surface area (Å²) in [5.41, 5.74) is 2.94. The van der Waals surface area contributed by atoms with E-state index in [1.807, 2.05) is 56.3 Å². The highest BCUT2D eigenvalue weighted by Crippen LogP contribution is 2.34. The van der Waals surface area contributed by atoms with Crippen LogP contribution in [-0.2, 0) is 6.54 Å². The van der Waals surface area contributed by atoms with Crippen molar-refractivity contribution < 1.29 is 14.3 Å². The Bertz CT molecular complexity index is 1070. The first-order valence-corrected chi connectivity index (χ1v) is 11.2. The van der Waals surface area contributed by atoms with E-state index in [4.69, 9.17) is 9.47 Å². The lowest BCUT2D eigenvalue weighted by atomic mass is 10.1. The number of rotatable bonds is 6. The van der Waals surface area contributed by atoms with Crippen LogP contribution in [0.1, 0.15) is 37.6 Å². The van der Waals surface area contributed by atoms with Crippen LogP contribution >= 0.6 is 11.3 Å². The Morgan fingerprint density at radius 3 is 2.77 bits per heavy atom. The molecule has 1 aromatic heterocycles. The van der Waals surface area contributed by atoms with Gasteiger partial charge in [0.15, 0.2) is 0 Å². The maximum absolute atomic E-state index is 12.6. The Balaban J connectivity index is 1.49. The molecule has 0 spiro atoms. The number of aryl methyl sites for hydroxylation is 2. The number of carbonyl (C=O) groups excluding carboxylic acids is 1. The van der Waals surface area contributed by atoms with Crippen molar-refractivity contribution in [3.05, 3.63) is 75.2 Å². The van der Waals surface area contributed by atoms with Gasteiger partial charge in [0.05, 0.1) is 17.8 Å². The van der Waals surface area contributed by atoms with Crippen molar-refractivity contribution in [3.8, 4) is 11.5 Å². The Kier molecular flexibility index (Phi) is 6.53. The van der Waals surface area contributed by atoms with Gasteiger partial charge in [-0.25, -0.2) is 4.98 Å². The van der Waals surface area contributed by atoms with Crippen molar-refractivity contribution in [2.45, 2.75) is 26.5 Å². The maximum atomic E-state index is 12.6. The summed E-state index contributed by atoms with van der Waals surface area (Å²) >= 11 is 1.43. The predicted octanol–water partition coefficient (Wildman–Crippen LogP) is 4.13. The van der Waals surface area contributed by atoms with E-state index in [1.165, 1.54) is 11.3 Å². The van der Waals surface area contributed by atoms with Crippen molar-refractivity contribution in [1.29, 1.82) is 0 Å². The van der Waals surface area contributed by atoms with Gasteiger partial charge in [-0.1, -0.05) is 36.4 Å². The average molecular weight is 438 g/mol. The lowest BCUT2D eigenvalue weighted by Crippen LogP contribution is -2.36. The highest BCUT2D eigenvalue weighted by Gasteiger charge is 2.26. The molecule has 162 valence electrons. The summed E-state index contributed by atoms with van der Waals surface area (Å²) in [5.74, 6) is 1.65. The molecule has 31 heavy (non-hydrogen) atoms. The van der Waals surface area contributed by atoms with Crippen LogP contribution in [0.4, 0.5) is 0 Å². The number of methoxy groups -OCH3 is 1. The van der Waals surface area contributed by atoms with E-state index in [0.29, 0.717) is 24.5 Å². The lowest BCUT2D eigenvalue weighted by Gasteiger charge is -2.25. The number of aromatic nitrogens is 1. The zero-order valence-electron chi connectivity index (χ0n) is 18.1. The molecule has 4 rings (SSSR count). The van der Waals surface area contributed by atoms with Crippen molar-refractivity contribution in [2.75, 3.05) is 26.7 Å². The van der Waals surface area contributed by atoms with Crippen molar-refractivity contribution in [2.24, 2.45) is 0 Å². The monoisotopic (exact) mass is 437 g/mol. The number of benzene rings is 2. The zero-order chi connectivity index (χ0) is 21.8. The second kappa shape index (κ2) is 9.49. The fourth-order valence-electron chi connectivity index (χ4n) is 3.89. The minimum Gasteiger partial charge on any atom is -0.496 e. The number of para-hydroxylation sites is 2.